The number of nitrogens with one attached hydrogen (secondary N) is 2. The van der Waals surface area contributed by atoms with Crippen LogP contribution in [0.4, 0.5) is 5.69 Å². The third-order valence-electron chi connectivity index (χ3n) is 4.85. The van der Waals surface area contributed by atoms with E-state index in [1.165, 1.54) is 19.2 Å². The van der Waals surface area contributed by atoms with Gasteiger partial charge in [0.1, 0.15) is 11.8 Å². The van der Waals surface area contributed by atoms with Gasteiger partial charge in [0.05, 0.1) is 12.0 Å². The molecule has 0 saturated carbocycles. The SMILES string of the molecule is COc1ccc(S(=O)(=O)NC(CCSC)C(=O)Nc2ccc(-c3ccccc3)cc2)cc1. The first-order valence-electron chi connectivity index (χ1n) is 10.0. The predicted molar refractivity (Wildman–Crippen MR) is 131 cm³/mol. The van der Waals surface area contributed by atoms with E-state index >= 15 is 0 Å². The van der Waals surface area contributed by atoms with E-state index in [9.17, 15) is 13.2 Å². The minimum absolute atomic E-state index is 0.0764. The molecule has 6 nitrogen and oxygen atoms in total. The molecule has 0 bridgehead atoms. The third kappa shape index (κ3) is 6.35. The molecule has 0 spiro atoms. The van der Waals surface area contributed by atoms with Gasteiger partial charge in [0.25, 0.3) is 0 Å². The largest absolute Gasteiger partial charge is 0.497 e. The van der Waals surface area contributed by atoms with Crippen molar-refractivity contribution in [2.75, 3.05) is 24.4 Å². The van der Waals surface area contributed by atoms with E-state index < -0.39 is 22.0 Å². The molecular weight excluding hydrogens is 444 g/mol. The highest BCUT2D eigenvalue weighted by atomic mass is 32.2. The van der Waals surface area contributed by atoms with Crippen LogP contribution in [0.25, 0.3) is 11.1 Å². The monoisotopic (exact) mass is 470 g/mol. The van der Waals surface area contributed by atoms with Crippen LogP contribution in [0, 0.1) is 0 Å². The van der Waals surface area contributed by atoms with Crippen LogP contribution in [-0.2, 0) is 14.8 Å². The molecule has 3 rings (SSSR count). The molecule has 0 fully saturated rings. The maximum absolute atomic E-state index is 12.9. The van der Waals surface area contributed by atoms with E-state index in [1.54, 1.807) is 23.9 Å². The highest BCUT2D eigenvalue weighted by Gasteiger charge is 2.25. The molecule has 2 N–H and O–H groups in total. The van der Waals surface area contributed by atoms with Gasteiger partial charge in [-0.3, -0.25) is 4.79 Å². The molecule has 0 aliphatic rings. The van der Waals surface area contributed by atoms with Crippen LogP contribution in [0.5, 0.6) is 5.75 Å². The van der Waals surface area contributed by atoms with Gasteiger partial charge in [-0.15, -0.1) is 0 Å². The van der Waals surface area contributed by atoms with Gasteiger partial charge >= 0.3 is 0 Å². The number of benzene rings is 3. The smallest absolute Gasteiger partial charge is 0.242 e. The number of carbonyl (C=O) groups is 1. The molecule has 168 valence electrons. The number of carbonyl (C=O) groups excluding carboxylic acids is 1. The Morgan fingerprint density at radius 2 is 1.56 bits per heavy atom. The summed E-state index contributed by atoms with van der Waals surface area (Å²) >= 11 is 1.55. The van der Waals surface area contributed by atoms with Gasteiger partial charge < -0.3 is 10.1 Å². The summed E-state index contributed by atoms with van der Waals surface area (Å²) in [4.78, 5) is 13.0. The van der Waals surface area contributed by atoms with Crippen LogP contribution in [0.3, 0.4) is 0 Å². The molecular formula is C24H26N2O4S2. The Labute approximate surface area is 193 Å². The van der Waals surface area contributed by atoms with Crippen molar-refractivity contribution in [2.24, 2.45) is 0 Å². The number of rotatable bonds is 10. The second-order valence-electron chi connectivity index (χ2n) is 7.06. The summed E-state index contributed by atoms with van der Waals surface area (Å²) in [6, 6.07) is 22.5. The van der Waals surface area contributed by atoms with Gasteiger partial charge in [-0.25, -0.2) is 8.42 Å². The minimum atomic E-state index is -3.87. The maximum atomic E-state index is 12.9. The number of amides is 1. The molecule has 0 aliphatic heterocycles. The molecule has 32 heavy (non-hydrogen) atoms. The van der Waals surface area contributed by atoms with E-state index in [2.05, 4.69) is 10.0 Å². The number of anilines is 1. The number of ether oxygens (including phenoxy) is 1. The molecule has 3 aromatic carbocycles. The zero-order chi connectivity index (χ0) is 23.0. The van der Waals surface area contributed by atoms with Gasteiger partial charge in [-0.2, -0.15) is 16.5 Å². The van der Waals surface area contributed by atoms with Crippen molar-refractivity contribution in [1.29, 1.82) is 0 Å². The van der Waals surface area contributed by atoms with Crippen LogP contribution in [-0.4, -0.2) is 39.5 Å². The highest BCUT2D eigenvalue weighted by molar-refractivity contribution is 7.98. The number of hydrogen-bond acceptors (Lipinski definition) is 5. The van der Waals surface area contributed by atoms with Crippen molar-refractivity contribution < 1.29 is 17.9 Å². The van der Waals surface area contributed by atoms with Crippen molar-refractivity contribution in [3.63, 3.8) is 0 Å². The number of hydrogen-bond donors (Lipinski definition) is 2. The topological polar surface area (TPSA) is 84.5 Å². The van der Waals surface area contributed by atoms with Crippen molar-refractivity contribution in [1.82, 2.24) is 4.72 Å². The van der Waals surface area contributed by atoms with E-state index in [-0.39, 0.29) is 4.90 Å². The summed E-state index contributed by atoms with van der Waals surface area (Å²) in [5.41, 5.74) is 2.71. The molecule has 0 saturated heterocycles. The average Bonchev–Trinajstić information content (AvgIpc) is 2.82. The highest BCUT2D eigenvalue weighted by Crippen LogP contribution is 2.22. The van der Waals surface area contributed by atoms with Crippen LogP contribution in [0.2, 0.25) is 0 Å². The first-order chi connectivity index (χ1) is 15.4. The molecule has 1 atom stereocenters. The second-order valence-corrected chi connectivity index (χ2v) is 9.76. The van der Waals surface area contributed by atoms with E-state index in [1.807, 2.05) is 60.9 Å². The fourth-order valence-corrected chi connectivity index (χ4v) is 4.80. The quantitative estimate of drug-likeness (QED) is 0.459. The summed E-state index contributed by atoms with van der Waals surface area (Å²) in [5.74, 6) is 0.791. The number of sulfonamides is 1. The Bertz CT molecular complexity index is 1120. The van der Waals surface area contributed by atoms with Gasteiger partial charge in [0.15, 0.2) is 0 Å². The zero-order valence-corrected chi connectivity index (χ0v) is 19.6. The van der Waals surface area contributed by atoms with E-state index in [4.69, 9.17) is 4.74 Å². The van der Waals surface area contributed by atoms with Crippen molar-refractivity contribution >= 4 is 33.4 Å². The number of thioether (sulfide) groups is 1. The van der Waals surface area contributed by atoms with Gasteiger partial charge in [-0.1, -0.05) is 42.5 Å². The second kappa shape index (κ2) is 11.2. The zero-order valence-electron chi connectivity index (χ0n) is 17.9. The van der Waals surface area contributed by atoms with E-state index in [0.717, 1.165) is 11.1 Å². The van der Waals surface area contributed by atoms with Crippen molar-refractivity contribution in [3.8, 4) is 16.9 Å². The lowest BCUT2D eigenvalue weighted by Gasteiger charge is -2.18. The lowest BCUT2D eigenvalue weighted by Crippen LogP contribution is -2.44. The Balaban J connectivity index is 1.72. The Morgan fingerprint density at radius 1 is 0.938 bits per heavy atom. The predicted octanol–water partition coefficient (Wildman–Crippen LogP) is 4.40. The molecule has 1 unspecified atom stereocenters. The standard InChI is InChI=1S/C24H26N2O4S2/c1-30-21-12-14-22(15-13-21)32(28,29)26-23(16-17-31-2)24(27)25-20-10-8-19(9-11-20)18-6-4-3-5-7-18/h3-15,23,26H,16-17H2,1-2H3,(H,25,27). The van der Waals surface area contributed by atoms with Crippen LogP contribution in [0.15, 0.2) is 83.8 Å². The molecule has 0 aliphatic carbocycles. The molecule has 1 amide bonds. The van der Waals surface area contributed by atoms with Gasteiger partial charge in [0, 0.05) is 5.69 Å². The third-order valence-corrected chi connectivity index (χ3v) is 6.99. The Kier molecular flexibility index (Phi) is 8.33. The first kappa shape index (κ1) is 23.8. The van der Waals surface area contributed by atoms with Crippen LogP contribution < -0.4 is 14.8 Å². The Morgan fingerprint density at radius 3 is 2.16 bits per heavy atom. The van der Waals surface area contributed by atoms with Gasteiger partial charge in [-0.05, 0) is 66.0 Å². The summed E-state index contributed by atoms with van der Waals surface area (Å²) in [5, 5.41) is 2.83. The number of methoxy groups -OCH3 is 1. The summed E-state index contributed by atoms with van der Waals surface area (Å²) in [7, 11) is -2.36. The average molecular weight is 471 g/mol. The molecule has 8 heteroatoms. The van der Waals surface area contributed by atoms with Crippen molar-refractivity contribution in [2.45, 2.75) is 17.4 Å². The van der Waals surface area contributed by atoms with E-state index in [0.29, 0.717) is 23.6 Å². The Hall–Kier alpha value is -2.81. The fraction of sp³-hybridized carbons (Fsp3) is 0.208. The normalized spacial score (nSPS) is 12.2. The molecule has 0 aromatic heterocycles. The maximum Gasteiger partial charge on any atom is 0.242 e. The lowest BCUT2D eigenvalue weighted by atomic mass is 10.1. The minimum Gasteiger partial charge on any atom is -0.497 e. The van der Waals surface area contributed by atoms with Crippen molar-refractivity contribution in [3.05, 3.63) is 78.9 Å². The molecule has 0 radical (unpaired) electrons. The summed E-state index contributed by atoms with van der Waals surface area (Å²) < 4.78 is 33.3. The molecule has 3 aromatic rings. The summed E-state index contributed by atoms with van der Waals surface area (Å²) in [6.07, 6.45) is 2.28. The summed E-state index contributed by atoms with van der Waals surface area (Å²) in [6.45, 7) is 0. The van der Waals surface area contributed by atoms with Crippen LogP contribution >= 0.6 is 11.8 Å². The lowest BCUT2D eigenvalue weighted by molar-refractivity contribution is -0.117. The van der Waals surface area contributed by atoms with Gasteiger partial charge in [0.2, 0.25) is 15.9 Å². The first-order valence-corrected chi connectivity index (χ1v) is 12.9. The fourth-order valence-electron chi connectivity index (χ4n) is 3.10. The van der Waals surface area contributed by atoms with Crippen LogP contribution in [0.1, 0.15) is 6.42 Å². The molecule has 0 heterocycles.